The Morgan fingerprint density at radius 2 is 2.14 bits per heavy atom. The van der Waals surface area contributed by atoms with E-state index in [1.165, 1.54) is 0 Å². The van der Waals surface area contributed by atoms with E-state index in [1.807, 2.05) is 0 Å². The topological polar surface area (TPSA) is 68.3 Å². The van der Waals surface area contributed by atoms with Crippen molar-refractivity contribution in [2.45, 2.75) is 16.1 Å². The number of hydrogen-bond donors (Lipinski definition) is 1. The van der Waals surface area contributed by atoms with Crippen molar-refractivity contribution in [1.29, 1.82) is 0 Å². The maximum Gasteiger partial charge on any atom is 0.241 e. The van der Waals surface area contributed by atoms with Gasteiger partial charge in [0.2, 0.25) is 10.0 Å². The molecule has 0 aliphatic heterocycles. The van der Waals surface area contributed by atoms with Gasteiger partial charge in [-0.05, 0) is 30.7 Å². The monoisotopic (exact) mass is 372 g/mol. The molecule has 0 saturated carbocycles. The molecule has 1 atom stereocenters. The number of fused-ring (bicyclic) bond motifs is 1. The summed E-state index contributed by atoms with van der Waals surface area (Å²) in [6.45, 7) is 0.887. The van der Waals surface area contributed by atoms with Crippen LogP contribution in [0.5, 0.6) is 0 Å². The van der Waals surface area contributed by atoms with E-state index in [2.05, 4.69) is 25.6 Å². The molecule has 0 radical (unpaired) electrons. The normalized spacial score (nSPS) is 13.4. The molecule has 7 heteroatoms. The van der Waals surface area contributed by atoms with Crippen molar-refractivity contribution in [3.05, 3.63) is 36.5 Å². The fraction of sp³-hybridized carbons (Fsp3) is 0.357. The highest BCUT2D eigenvalue weighted by Gasteiger charge is 2.17. The molecular weight excluding hydrogens is 356 g/mol. The number of ether oxygens (including phenoxy) is 1. The summed E-state index contributed by atoms with van der Waals surface area (Å²) in [6.07, 6.45) is 2.29. The first-order valence-electron chi connectivity index (χ1n) is 6.51. The van der Waals surface area contributed by atoms with Gasteiger partial charge in [0.05, 0.1) is 17.0 Å². The highest BCUT2D eigenvalue weighted by molar-refractivity contribution is 9.09. The minimum absolute atomic E-state index is 0.124. The van der Waals surface area contributed by atoms with E-state index < -0.39 is 10.0 Å². The molecule has 21 heavy (non-hydrogen) atoms. The number of nitrogens with one attached hydrogen (secondary N) is 1. The summed E-state index contributed by atoms with van der Waals surface area (Å²) in [4.78, 5) is 4.55. The Kier molecular flexibility index (Phi) is 5.69. The maximum absolute atomic E-state index is 12.4. The van der Waals surface area contributed by atoms with Crippen LogP contribution >= 0.6 is 15.9 Å². The van der Waals surface area contributed by atoms with Crippen molar-refractivity contribution < 1.29 is 13.2 Å². The summed E-state index contributed by atoms with van der Waals surface area (Å²) in [7, 11) is -1.94. The molecule has 0 fully saturated rings. The van der Waals surface area contributed by atoms with Crippen LogP contribution in [-0.2, 0) is 14.8 Å². The predicted molar refractivity (Wildman–Crippen MR) is 86.1 cm³/mol. The maximum atomic E-state index is 12.4. The van der Waals surface area contributed by atoms with E-state index in [1.54, 1.807) is 43.6 Å². The summed E-state index contributed by atoms with van der Waals surface area (Å²) in [5.74, 6) is 0. The molecule has 0 saturated heterocycles. The molecule has 1 aromatic carbocycles. The van der Waals surface area contributed by atoms with Crippen LogP contribution in [0.4, 0.5) is 0 Å². The average molecular weight is 373 g/mol. The second kappa shape index (κ2) is 7.31. The number of aromatic nitrogens is 1. The molecule has 114 valence electrons. The van der Waals surface area contributed by atoms with E-state index in [0.717, 1.165) is 0 Å². The van der Waals surface area contributed by atoms with Gasteiger partial charge >= 0.3 is 0 Å². The number of rotatable bonds is 7. The Morgan fingerprint density at radius 3 is 2.90 bits per heavy atom. The number of hydrogen-bond acceptors (Lipinski definition) is 4. The van der Waals surface area contributed by atoms with Crippen LogP contribution in [-0.4, -0.2) is 38.5 Å². The zero-order valence-electron chi connectivity index (χ0n) is 11.6. The van der Waals surface area contributed by atoms with Crippen molar-refractivity contribution >= 4 is 36.9 Å². The Balaban J connectivity index is 2.15. The van der Waals surface area contributed by atoms with Gasteiger partial charge in [0.1, 0.15) is 0 Å². The lowest BCUT2D eigenvalue weighted by atomic mass is 10.2. The fourth-order valence-electron chi connectivity index (χ4n) is 2.00. The molecule has 0 aliphatic carbocycles. The molecular formula is C14H17BrN2O3S. The lowest BCUT2D eigenvalue weighted by molar-refractivity contribution is 0.199. The number of nitrogens with zero attached hydrogens (tertiary/aromatic N) is 1. The van der Waals surface area contributed by atoms with Gasteiger partial charge in [-0.3, -0.25) is 4.98 Å². The first-order chi connectivity index (χ1) is 10.0. The number of benzene rings is 1. The van der Waals surface area contributed by atoms with Crippen LogP contribution in [0.25, 0.3) is 10.9 Å². The summed E-state index contributed by atoms with van der Waals surface area (Å²) >= 11 is 3.43. The molecule has 1 unspecified atom stereocenters. The first kappa shape index (κ1) is 16.4. The first-order valence-corrected chi connectivity index (χ1v) is 8.91. The molecule has 1 N–H and O–H groups in total. The minimum Gasteiger partial charge on any atom is -0.384 e. The lowest BCUT2D eigenvalue weighted by Gasteiger charge is -2.11. The average Bonchev–Trinajstić information content (AvgIpc) is 2.46. The van der Waals surface area contributed by atoms with Gasteiger partial charge in [-0.1, -0.05) is 22.0 Å². The lowest BCUT2D eigenvalue weighted by Crippen LogP contribution is -2.27. The minimum atomic E-state index is -3.55. The molecule has 0 amide bonds. The molecule has 0 aliphatic rings. The van der Waals surface area contributed by atoms with Crippen LogP contribution < -0.4 is 4.72 Å². The molecule has 0 bridgehead atoms. The fourth-order valence-corrected chi connectivity index (χ4v) is 3.76. The summed E-state index contributed by atoms with van der Waals surface area (Å²) in [6, 6.07) is 8.57. The van der Waals surface area contributed by atoms with Crippen LogP contribution in [0.2, 0.25) is 0 Å². The van der Waals surface area contributed by atoms with Crippen LogP contribution in [0, 0.1) is 0 Å². The van der Waals surface area contributed by atoms with Crippen molar-refractivity contribution in [3.63, 3.8) is 0 Å². The molecule has 5 nitrogen and oxygen atoms in total. The second-order valence-electron chi connectivity index (χ2n) is 4.57. The number of methoxy groups -OCH3 is 1. The highest BCUT2D eigenvalue weighted by atomic mass is 79.9. The number of halogens is 1. The number of sulfonamides is 1. The number of alkyl halides is 1. The third kappa shape index (κ3) is 4.23. The van der Waals surface area contributed by atoms with Gasteiger partial charge in [-0.25, -0.2) is 13.1 Å². The predicted octanol–water partition coefficient (Wildman–Crippen LogP) is 2.31. The van der Waals surface area contributed by atoms with E-state index in [-0.39, 0.29) is 9.72 Å². The van der Waals surface area contributed by atoms with E-state index in [4.69, 9.17) is 4.74 Å². The van der Waals surface area contributed by atoms with Gasteiger partial charge < -0.3 is 4.74 Å². The van der Waals surface area contributed by atoms with E-state index >= 15 is 0 Å². The largest absolute Gasteiger partial charge is 0.384 e. The molecule has 2 aromatic rings. The Labute approximate surface area is 132 Å². The third-order valence-electron chi connectivity index (χ3n) is 2.99. The summed E-state index contributed by atoms with van der Waals surface area (Å²) in [5.41, 5.74) is 0.665. The Hall–Kier alpha value is -1.02. The van der Waals surface area contributed by atoms with Gasteiger partial charge in [0.15, 0.2) is 0 Å². The van der Waals surface area contributed by atoms with Crippen molar-refractivity contribution in [2.24, 2.45) is 0 Å². The zero-order chi connectivity index (χ0) is 15.3. The Bertz CT molecular complexity index is 701. The quantitative estimate of drug-likeness (QED) is 0.757. The second-order valence-corrected chi connectivity index (χ2v) is 7.60. The molecule has 2 rings (SSSR count). The van der Waals surface area contributed by atoms with Gasteiger partial charge in [0, 0.05) is 30.1 Å². The standard InChI is InChI=1S/C14H17BrN2O3S/c1-20-10-11(15)7-9-17-21(18,19)14-6-2-5-13-12(14)4-3-8-16-13/h2-6,8,11,17H,7,9-10H2,1H3. The molecule has 1 heterocycles. The summed E-state index contributed by atoms with van der Waals surface area (Å²) < 4.78 is 32.4. The van der Waals surface area contributed by atoms with Gasteiger partial charge in [-0.15, -0.1) is 0 Å². The van der Waals surface area contributed by atoms with E-state index in [9.17, 15) is 8.42 Å². The molecule has 1 aromatic heterocycles. The van der Waals surface area contributed by atoms with Crippen molar-refractivity contribution in [1.82, 2.24) is 9.71 Å². The SMILES string of the molecule is COCC(Br)CCNS(=O)(=O)c1cccc2ncccc12. The van der Waals surface area contributed by atoms with Crippen LogP contribution in [0.1, 0.15) is 6.42 Å². The van der Waals surface area contributed by atoms with Crippen molar-refractivity contribution in [2.75, 3.05) is 20.3 Å². The van der Waals surface area contributed by atoms with Crippen LogP contribution in [0.15, 0.2) is 41.4 Å². The zero-order valence-corrected chi connectivity index (χ0v) is 14.0. The van der Waals surface area contributed by atoms with Gasteiger partial charge in [-0.2, -0.15) is 0 Å². The Morgan fingerprint density at radius 1 is 1.33 bits per heavy atom. The smallest absolute Gasteiger partial charge is 0.241 e. The number of pyridine rings is 1. The highest BCUT2D eigenvalue weighted by Crippen LogP contribution is 2.21. The summed E-state index contributed by atoms with van der Waals surface area (Å²) in [5, 5.41) is 0.625. The third-order valence-corrected chi connectivity index (χ3v) is 5.23. The van der Waals surface area contributed by atoms with E-state index in [0.29, 0.717) is 30.5 Å². The molecule has 0 spiro atoms. The van der Waals surface area contributed by atoms with Crippen molar-refractivity contribution in [3.8, 4) is 0 Å². The van der Waals surface area contributed by atoms with Crippen LogP contribution in [0.3, 0.4) is 0 Å². The van der Waals surface area contributed by atoms with Gasteiger partial charge in [0.25, 0.3) is 0 Å².